The third-order valence-corrected chi connectivity index (χ3v) is 4.77. The average Bonchev–Trinajstić information content (AvgIpc) is 3.17. The number of nitrogens with zero attached hydrogens (tertiary/aromatic N) is 4. The quantitative estimate of drug-likeness (QED) is 0.920. The first kappa shape index (κ1) is 16.2. The molecule has 1 saturated heterocycles. The Morgan fingerprint density at radius 2 is 2.17 bits per heavy atom. The Bertz CT molecular complexity index is 593. The molecule has 3 heterocycles. The van der Waals surface area contributed by atoms with Crippen LogP contribution in [0.5, 0.6) is 0 Å². The number of aromatic amines is 1. The number of rotatable bonds is 5. The number of aromatic nitrogens is 4. The SMILES string of the molecule is CC(C)(C)c1cc(CN2CCCCC2CCn2cccn2)[nH]n1. The van der Waals surface area contributed by atoms with E-state index in [0.717, 1.165) is 18.8 Å². The van der Waals surface area contributed by atoms with E-state index in [2.05, 4.69) is 53.2 Å². The van der Waals surface area contributed by atoms with Crippen molar-refractivity contribution in [3.8, 4) is 0 Å². The third kappa shape index (κ3) is 4.22. The number of likely N-dealkylation sites (tertiary alicyclic amines) is 1. The van der Waals surface area contributed by atoms with Gasteiger partial charge in [-0.25, -0.2) is 0 Å². The second-order valence-corrected chi connectivity index (χ2v) is 7.71. The van der Waals surface area contributed by atoms with Gasteiger partial charge in [-0.3, -0.25) is 14.7 Å². The predicted molar refractivity (Wildman–Crippen MR) is 92.2 cm³/mol. The zero-order valence-electron chi connectivity index (χ0n) is 14.6. The van der Waals surface area contributed by atoms with E-state index < -0.39 is 0 Å². The van der Waals surface area contributed by atoms with Gasteiger partial charge < -0.3 is 0 Å². The summed E-state index contributed by atoms with van der Waals surface area (Å²) in [6, 6.07) is 4.88. The zero-order valence-corrected chi connectivity index (χ0v) is 14.6. The fourth-order valence-corrected chi connectivity index (χ4v) is 3.35. The number of H-pyrrole nitrogens is 1. The van der Waals surface area contributed by atoms with Crippen LogP contribution >= 0.6 is 0 Å². The van der Waals surface area contributed by atoms with Gasteiger partial charge in [-0.2, -0.15) is 10.2 Å². The normalized spacial score (nSPS) is 20.0. The van der Waals surface area contributed by atoms with Crippen LogP contribution in [0.2, 0.25) is 0 Å². The summed E-state index contributed by atoms with van der Waals surface area (Å²) >= 11 is 0. The van der Waals surface area contributed by atoms with Crippen LogP contribution in [0.1, 0.15) is 57.8 Å². The molecule has 1 N–H and O–H groups in total. The van der Waals surface area contributed by atoms with E-state index in [-0.39, 0.29) is 5.41 Å². The van der Waals surface area contributed by atoms with Gasteiger partial charge in [0.25, 0.3) is 0 Å². The minimum absolute atomic E-state index is 0.107. The highest BCUT2D eigenvalue weighted by atomic mass is 15.3. The molecule has 1 aliphatic heterocycles. The molecule has 0 saturated carbocycles. The van der Waals surface area contributed by atoms with Crippen molar-refractivity contribution >= 4 is 0 Å². The monoisotopic (exact) mass is 315 g/mol. The van der Waals surface area contributed by atoms with E-state index in [9.17, 15) is 0 Å². The lowest BCUT2D eigenvalue weighted by Gasteiger charge is -2.35. The van der Waals surface area contributed by atoms with Crippen molar-refractivity contribution in [1.29, 1.82) is 0 Å². The highest BCUT2D eigenvalue weighted by Gasteiger charge is 2.24. The Kier molecular flexibility index (Phi) is 4.85. The van der Waals surface area contributed by atoms with Crippen LogP contribution in [-0.4, -0.2) is 37.5 Å². The largest absolute Gasteiger partial charge is 0.295 e. The molecule has 0 spiro atoms. The first-order valence-corrected chi connectivity index (χ1v) is 8.78. The van der Waals surface area contributed by atoms with Crippen molar-refractivity contribution in [2.24, 2.45) is 0 Å². The van der Waals surface area contributed by atoms with E-state index >= 15 is 0 Å². The maximum Gasteiger partial charge on any atom is 0.0678 e. The number of hydrogen-bond acceptors (Lipinski definition) is 3. The summed E-state index contributed by atoms with van der Waals surface area (Å²) in [6.45, 7) is 9.80. The lowest BCUT2D eigenvalue weighted by atomic mass is 9.92. The summed E-state index contributed by atoms with van der Waals surface area (Å²) in [4.78, 5) is 2.62. The Balaban J connectivity index is 1.61. The molecule has 1 fully saturated rings. The number of nitrogens with one attached hydrogen (secondary N) is 1. The summed E-state index contributed by atoms with van der Waals surface area (Å²) < 4.78 is 2.04. The molecule has 2 aromatic rings. The van der Waals surface area contributed by atoms with Crippen molar-refractivity contribution in [3.05, 3.63) is 35.9 Å². The number of hydrogen-bond donors (Lipinski definition) is 1. The fourth-order valence-electron chi connectivity index (χ4n) is 3.35. The minimum atomic E-state index is 0.107. The lowest BCUT2D eigenvalue weighted by molar-refractivity contribution is 0.126. The molecule has 0 aliphatic carbocycles. The van der Waals surface area contributed by atoms with Crippen molar-refractivity contribution in [3.63, 3.8) is 0 Å². The summed E-state index contributed by atoms with van der Waals surface area (Å²) in [5.41, 5.74) is 2.49. The molecular formula is C18H29N5. The van der Waals surface area contributed by atoms with Crippen LogP contribution in [0.4, 0.5) is 0 Å². The van der Waals surface area contributed by atoms with Gasteiger partial charge in [-0.05, 0) is 37.9 Å². The van der Waals surface area contributed by atoms with Crippen LogP contribution in [0.15, 0.2) is 24.5 Å². The zero-order chi connectivity index (χ0) is 16.3. The van der Waals surface area contributed by atoms with Crippen molar-refractivity contribution in [1.82, 2.24) is 24.9 Å². The van der Waals surface area contributed by atoms with Gasteiger partial charge in [0, 0.05) is 42.6 Å². The van der Waals surface area contributed by atoms with Gasteiger partial charge in [-0.1, -0.05) is 27.2 Å². The maximum atomic E-state index is 4.50. The average molecular weight is 315 g/mol. The molecule has 126 valence electrons. The summed E-state index contributed by atoms with van der Waals surface area (Å²) in [7, 11) is 0. The molecule has 1 atom stereocenters. The van der Waals surface area contributed by atoms with E-state index in [1.54, 1.807) is 0 Å². The topological polar surface area (TPSA) is 49.7 Å². The smallest absolute Gasteiger partial charge is 0.0678 e. The Hall–Kier alpha value is -1.62. The minimum Gasteiger partial charge on any atom is -0.295 e. The Labute approximate surface area is 139 Å². The second-order valence-electron chi connectivity index (χ2n) is 7.71. The van der Waals surface area contributed by atoms with Crippen LogP contribution in [0.3, 0.4) is 0 Å². The van der Waals surface area contributed by atoms with Crippen molar-refractivity contribution in [2.75, 3.05) is 6.54 Å². The van der Waals surface area contributed by atoms with Gasteiger partial charge in [0.05, 0.1) is 5.69 Å². The number of piperidine rings is 1. The van der Waals surface area contributed by atoms with E-state index in [1.165, 1.54) is 37.9 Å². The van der Waals surface area contributed by atoms with Crippen molar-refractivity contribution in [2.45, 2.75) is 71.0 Å². The van der Waals surface area contributed by atoms with Gasteiger partial charge >= 0.3 is 0 Å². The highest BCUT2D eigenvalue weighted by molar-refractivity contribution is 5.16. The van der Waals surface area contributed by atoms with Crippen LogP contribution in [-0.2, 0) is 18.5 Å². The van der Waals surface area contributed by atoms with Crippen molar-refractivity contribution < 1.29 is 0 Å². The molecule has 1 aliphatic rings. The third-order valence-electron chi connectivity index (χ3n) is 4.77. The lowest BCUT2D eigenvalue weighted by Crippen LogP contribution is -2.39. The standard InChI is InChI=1S/C18H29N5/c1-18(2,3)17-13-15(20-21-17)14-22-10-5-4-7-16(22)8-12-23-11-6-9-19-23/h6,9,11,13,16H,4-5,7-8,10,12,14H2,1-3H3,(H,20,21). The van der Waals surface area contributed by atoms with E-state index in [1.807, 2.05) is 16.9 Å². The van der Waals surface area contributed by atoms with Gasteiger partial charge in [-0.15, -0.1) is 0 Å². The summed E-state index contributed by atoms with van der Waals surface area (Å²) in [5.74, 6) is 0. The molecular weight excluding hydrogens is 286 g/mol. The Morgan fingerprint density at radius 1 is 1.30 bits per heavy atom. The first-order valence-electron chi connectivity index (χ1n) is 8.78. The molecule has 5 nitrogen and oxygen atoms in total. The molecule has 0 bridgehead atoms. The van der Waals surface area contributed by atoms with Gasteiger partial charge in [0.2, 0.25) is 0 Å². The predicted octanol–water partition coefficient (Wildman–Crippen LogP) is 3.35. The van der Waals surface area contributed by atoms with Gasteiger partial charge in [0.1, 0.15) is 0 Å². The first-order chi connectivity index (χ1) is 11.0. The van der Waals surface area contributed by atoms with Crippen LogP contribution < -0.4 is 0 Å². The highest BCUT2D eigenvalue weighted by Crippen LogP contribution is 2.24. The molecule has 2 aromatic heterocycles. The summed E-state index contributed by atoms with van der Waals surface area (Å²) in [5, 5.41) is 12.1. The molecule has 0 radical (unpaired) electrons. The van der Waals surface area contributed by atoms with E-state index in [0.29, 0.717) is 6.04 Å². The molecule has 23 heavy (non-hydrogen) atoms. The molecule has 5 heteroatoms. The number of aryl methyl sites for hydroxylation is 1. The molecule has 3 rings (SSSR count). The second kappa shape index (κ2) is 6.87. The van der Waals surface area contributed by atoms with Crippen LogP contribution in [0, 0.1) is 0 Å². The fraction of sp³-hybridized carbons (Fsp3) is 0.667. The van der Waals surface area contributed by atoms with Crippen LogP contribution in [0.25, 0.3) is 0 Å². The molecule has 0 amide bonds. The molecule has 0 aromatic carbocycles. The molecule has 1 unspecified atom stereocenters. The summed E-state index contributed by atoms with van der Waals surface area (Å²) in [6.07, 6.45) is 9.02. The van der Waals surface area contributed by atoms with E-state index in [4.69, 9.17) is 0 Å². The maximum absolute atomic E-state index is 4.50. The van der Waals surface area contributed by atoms with Gasteiger partial charge in [0.15, 0.2) is 0 Å². The Morgan fingerprint density at radius 3 is 2.87 bits per heavy atom.